The minimum atomic E-state index is -1.43. The first kappa shape index (κ1) is 26.1. The summed E-state index contributed by atoms with van der Waals surface area (Å²) in [7, 11) is 0. The molecule has 16 heteroatoms. The molecule has 0 aliphatic heterocycles. The van der Waals surface area contributed by atoms with E-state index in [9.17, 15) is 39.9 Å². The molecule has 3 aromatic rings. The van der Waals surface area contributed by atoms with Crippen molar-refractivity contribution >= 4 is 51.8 Å². The van der Waals surface area contributed by atoms with Crippen molar-refractivity contribution in [1.29, 1.82) is 5.26 Å². The number of carbonyl (C=O) groups is 3. The Hall–Kier alpha value is -5.56. The van der Waals surface area contributed by atoms with Gasteiger partial charge >= 0.3 is 11.8 Å². The van der Waals surface area contributed by atoms with Crippen molar-refractivity contribution in [1.82, 2.24) is 10.4 Å². The Morgan fingerprint density at radius 1 is 1.00 bits per heavy atom. The van der Waals surface area contributed by atoms with Crippen LogP contribution in [0.3, 0.4) is 0 Å². The SMILES string of the molecule is N#CC(/C(=N\NC(=O)C(N)=O)C(=O)Nc1ccc([N+](=O)[O-])cc1)c1nc(-c2ccc([N+](=O)[O-])cc2)cs1. The van der Waals surface area contributed by atoms with Crippen molar-refractivity contribution in [2.24, 2.45) is 10.8 Å². The fourth-order valence-corrected chi connectivity index (χ4v) is 3.69. The van der Waals surface area contributed by atoms with E-state index in [-0.39, 0.29) is 22.1 Å². The van der Waals surface area contributed by atoms with Crippen LogP contribution in [0.1, 0.15) is 10.9 Å². The van der Waals surface area contributed by atoms with Gasteiger partial charge in [0.15, 0.2) is 0 Å². The maximum atomic E-state index is 13.0. The molecule has 186 valence electrons. The number of nitro benzene ring substituents is 2. The number of non-ortho nitro benzene ring substituents is 2. The molecule has 0 aliphatic rings. The summed E-state index contributed by atoms with van der Waals surface area (Å²) in [5.74, 6) is -5.13. The molecule has 3 rings (SSSR count). The molecule has 0 saturated heterocycles. The van der Waals surface area contributed by atoms with Gasteiger partial charge in [-0.1, -0.05) is 0 Å². The Morgan fingerprint density at radius 3 is 2.08 bits per heavy atom. The van der Waals surface area contributed by atoms with Crippen molar-refractivity contribution < 1.29 is 24.2 Å². The summed E-state index contributed by atoms with van der Waals surface area (Å²) in [6.45, 7) is 0. The Balaban J connectivity index is 1.93. The molecule has 0 radical (unpaired) electrons. The Kier molecular flexibility index (Phi) is 7.92. The van der Waals surface area contributed by atoms with Gasteiger partial charge in [0.1, 0.15) is 16.6 Å². The molecule has 0 bridgehead atoms. The number of hydrazone groups is 1. The van der Waals surface area contributed by atoms with Crippen LogP contribution < -0.4 is 16.5 Å². The molecule has 0 spiro atoms. The number of nitrogens with two attached hydrogens (primary N) is 1. The Bertz CT molecular complexity index is 1460. The Labute approximate surface area is 210 Å². The molecule has 4 N–H and O–H groups in total. The third-order valence-electron chi connectivity index (χ3n) is 4.62. The van der Waals surface area contributed by atoms with E-state index in [1.807, 2.05) is 6.07 Å². The highest BCUT2D eigenvalue weighted by molar-refractivity contribution is 7.10. The first-order chi connectivity index (χ1) is 17.6. The summed E-state index contributed by atoms with van der Waals surface area (Å²) in [6, 6.07) is 12.1. The number of rotatable bonds is 8. The summed E-state index contributed by atoms with van der Waals surface area (Å²) in [5.41, 5.74) is 6.75. The second-order valence-corrected chi connectivity index (χ2v) is 7.89. The van der Waals surface area contributed by atoms with Crippen molar-refractivity contribution in [3.63, 3.8) is 0 Å². The van der Waals surface area contributed by atoms with Crippen LogP contribution in [0.5, 0.6) is 0 Å². The lowest BCUT2D eigenvalue weighted by molar-refractivity contribution is -0.385. The van der Waals surface area contributed by atoms with Gasteiger partial charge in [-0.3, -0.25) is 34.6 Å². The number of amides is 3. The lowest BCUT2D eigenvalue weighted by atomic mass is 10.0. The van der Waals surface area contributed by atoms with Crippen LogP contribution in [0.2, 0.25) is 0 Å². The molecule has 15 nitrogen and oxygen atoms in total. The molecule has 0 saturated carbocycles. The van der Waals surface area contributed by atoms with Crippen LogP contribution in [0.15, 0.2) is 59.0 Å². The summed E-state index contributed by atoms with van der Waals surface area (Å²) in [6.07, 6.45) is 0. The molecule has 1 heterocycles. The van der Waals surface area contributed by atoms with E-state index in [4.69, 9.17) is 5.73 Å². The number of nitro groups is 2. The maximum absolute atomic E-state index is 13.0. The van der Waals surface area contributed by atoms with E-state index in [0.717, 1.165) is 23.5 Å². The number of hydrogen-bond donors (Lipinski definition) is 3. The number of nitrogens with one attached hydrogen (secondary N) is 2. The fourth-order valence-electron chi connectivity index (χ4n) is 2.81. The zero-order valence-electron chi connectivity index (χ0n) is 18.4. The summed E-state index contributed by atoms with van der Waals surface area (Å²) < 4.78 is 0. The van der Waals surface area contributed by atoms with Gasteiger partial charge in [-0.2, -0.15) is 10.4 Å². The number of aromatic nitrogens is 1. The monoisotopic (exact) mass is 522 g/mol. The number of anilines is 1. The summed E-state index contributed by atoms with van der Waals surface area (Å²) >= 11 is 0.978. The van der Waals surface area contributed by atoms with Crippen LogP contribution in [0.4, 0.5) is 17.1 Å². The third kappa shape index (κ3) is 6.32. The number of thiazole rings is 1. The average Bonchev–Trinajstić information content (AvgIpc) is 3.36. The topological polar surface area (TPSA) is 237 Å². The average molecular weight is 522 g/mol. The number of nitriles is 1. The van der Waals surface area contributed by atoms with Crippen LogP contribution in [0, 0.1) is 31.6 Å². The molecule has 2 aromatic carbocycles. The second kappa shape index (κ2) is 11.2. The number of carbonyl (C=O) groups excluding carboxylic acids is 3. The predicted octanol–water partition coefficient (Wildman–Crippen LogP) is 1.83. The largest absolute Gasteiger partial charge is 0.361 e. The Morgan fingerprint density at radius 2 is 1.57 bits per heavy atom. The molecule has 1 aromatic heterocycles. The summed E-state index contributed by atoms with van der Waals surface area (Å²) in [5, 5.41) is 39.2. The molecular weight excluding hydrogens is 508 g/mol. The highest BCUT2D eigenvalue weighted by atomic mass is 32.1. The summed E-state index contributed by atoms with van der Waals surface area (Å²) in [4.78, 5) is 60.5. The zero-order valence-corrected chi connectivity index (χ0v) is 19.2. The lowest BCUT2D eigenvalue weighted by Crippen LogP contribution is -2.36. The molecule has 3 amide bonds. The predicted molar refractivity (Wildman–Crippen MR) is 129 cm³/mol. The molecular formula is C21H14N8O7S. The standard InChI is InChI=1S/C21H14N8O7S/c22-9-15(21-25-16(10-37-21)11-1-5-13(6-2-11)28(33)34)17(26-27-20(32)18(23)30)19(31)24-12-3-7-14(8-4-12)29(35)36/h1-8,10,15H,(H2,23,30)(H,24,31)(H,27,32)/b26-17+. The molecule has 37 heavy (non-hydrogen) atoms. The normalized spacial score (nSPS) is 11.6. The zero-order chi connectivity index (χ0) is 27.1. The minimum Gasteiger partial charge on any atom is -0.361 e. The number of nitrogens with zero attached hydrogens (tertiary/aromatic N) is 5. The van der Waals surface area contributed by atoms with Crippen molar-refractivity contribution in [3.05, 3.63) is 79.1 Å². The van der Waals surface area contributed by atoms with E-state index in [1.54, 1.807) is 10.8 Å². The second-order valence-electron chi connectivity index (χ2n) is 7.00. The molecule has 1 atom stereocenters. The van der Waals surface area contributed by atoms with E-state index in [1.165, 1.54) is 36.4 Å². The quantitative estimate of drug-likeness (QED) is 0.169. The van der Waals surface area contributed by atoms with Gasteiger partial charge in [-0.15, -0.1) is 11.3 Å². The van der Waals surface area contributed by atoms with Gasteiger partial charge in [-0.05, 0) is 24.3 Å². The minimum absolute atomic E-state index is 0.0850. The molecule has 1 unspecified atom stereocenters. The third-order valence-corrected chi connectivity index (χ3v) is 5.53. The van der Waals surface area contributed by atoms with E-state index in [0.29, 0.717) is 11.3 Å². The van der Waals surface area contributed by atoms with Crippen LogP contribution >= 0.6 is 11.3 Å². The molecule has 0 fully saturated rings. The fraction of sp³-hybridized carbons (Fsp3) is 0.0476. The van der Waals surface area contributed by atoms with Gasteiger partial charge in [0.05, 0.1) is 21.6 Å². The highest BCUT2D eigenvalue weighted by Gasteiger charge is 2.29. The van der Waals surface area contributed by atoms with Crippen molar-refractivity contribution in [2.75, 3.05) is 5.32 Å². The van der Waals surface area contributed by atoms with Crippen molar-refractivity contribution in [3.8, 4) is 17.3 Å². The van der Waals surface area contributed by atoms with Gasteiger partial charge in [0, 0.05) is 40.9 Å². The first-order valence-electron chi connectivity index (χ1n) is 9.93. The number of hydrogen-bond acceptors (Lipinski definition) is 11. The van der Waals surface area contributed by atoms with E-state index >= 15 is 0 Å². The van der Waals surface area contributed by atoms with Crippen LogP contribution in [-0.2, 0) is 14.4 Å². The van der Waals surface area contributed by atoms with E-state index in [2.05, 4.69) is 15.4 Å². The van der Waals surface area contributed by atoms with Gasteiger partial charge in [-0.25, -0.2) is 10.4 Å². The smallest absolute Gasteiger partial charge is 0.329 e. The highest BCUT2D eigenvalue weighted by Crippen LogP contribution is 2.29. The lowest BCUT2D eigenvalue weighted by Gasteiger charge is -2.11. The van der Waals surface area contributed by atoms with E-state index < -0.39 is 39.2 Å². The van der Waals surface area contributed by atoms with Crippen molar-refractivity contribution in [2.45, 2.75) is 5.92 Å². The van der Waals surface area contributed by atoms with Crippen LogP contribution in [-0.4, -0.2) is 38.3 Å². The van der Waals surface area contributed by atoms with Gasteiger partial charge in [0.25, 0.3) is 17.3 Å². The number of primary amides is 1. The first-order valence-corrected chi connectivity index (χ1v) is 10.8. The van der Waals surface area contributed by atoms with Crippen LogP contribution in [0.25, 0.3) is 11.3 Å². The van der Waals surface area contributed by atoms with Gasteiger partial charge < -0.3 is 11.1 Å². The van der Waals surface area contributed by atoms with Gasteiger partial charge in [0.2, 0.25) is 0 Å². The number of benzene rings is 2. The molecule has 0 aliphatic carbocycles. The maximum Gasteiger partial charge on any atom is 0.329 e.